The monoisotopic (exact) mass is 134 g/mol. The second-order valence-electron chi connectivity index (χ2n) is 1.82. The Kier molecular flexibility index (Phi) is 1.86. The van der Waals surface area contributed by atoms with Gasteiger partial charge in [-0.2, -0.15) is 5.26 Å². The molecule has 0 aromatic carbocycles. The maximum atomic E-state index is 10.8. The van der Waals surface area contributed by atoms with Crippen LogP contribution in [-0.4, -0.2) is 10.5 Å². The molecule has 0 spiro atoms. The molecule has 3 heteroatoms. The van der Waals surface area contributed by atoms with Crippen molar-refractivity contribution in [2.24, 2.45) is 0 Å². The van der Waals surface area contributed by atoms with Crippen molar-refractivity contribution >= 4 is 5.91 Å². The minimum atomic E-state index is -0.187. The van der Waals surface area contributed by atoms with Crippen LogP contribution in [0.1, 0.15) is 11.2 Å². The van der Waals surface area contributed by atoms with Gasteiger partial charge in [0.05, 0.1) is 6.07 Å². The number of hydrogen-bond donors (Lipinski definition) is 0. The quantitative estimate of drug-likeness (QED) is 0.576. The summed E-state index contributed by atoms with van der Waals surface area (Å²) >= 11 is 0. The number of hydrogen-bond acceptors (Lipinski definition) is 2. The maximum Gasteiger partial charge on any atom is 0.244 e. The Morgan fingerprint density at radius 2 is 2.10 bits per heavy atom. The second-order valence-corrected chi connectivity index (χ2v) is 1.82. The molecule has 0 aliphatic carbocycles. The van der Waals surface area contributed by atoms with Crippen LogP contribution in [0.4, 0.5) is 0 Å². The Labute approximate surface area is 58.5 Å². The first-order chi connectivity index (χ1) is 4.84. The third kappa shape index (κ3) is 1.23. The van der Waals surface area contributed by atoms with Gasteiger partial charge < -0.3 is 0 Å². The number of carbonyl (C=O) groups excluding carboxylic acids is 1. The van der Waals surface area contributed by atoms with Crippen molar-refractivity contribution in [1.82, 2.24) is 4.57 Å². The maximum absolute atomic E-state index is 10.8. The van der Waals surface area contributed by atoms with Crippen molar-refractivity contribution in [1.29, 1.82) is 5.26 Å². The van der Waals surface area contributed by atoms with Gasteiger partial charge in [-0.15, -0.1) is 0 Å². The first kappa shape index (κ1) is 6.56. The van der Waals surface area contributed by atoms with Crippen LogP contribution in [0.3, 0.4) is 0 Å². The van der Waals surface area contributed by atoms with E-state index in [1.54, 1.807) is 30.6 Å². The first-order valence-corrected chi connectivity index (χ1v) is 2.87. The lowest BCUT2D eigenvalue weighted by Crippen LogP contribution is -2.05. The molecule has 10 heavy (non-hydrogen) atoms. The fourth-order valence-corrected chi connectivity index (χ4v) is 0.660. The normalized spacial score (nSPS) is 8.70. The van der Waals surface area contributed by atoms with Crippen LogP contribution in [0.15, 0.2) is 24.5 Å². The van der Waals surface area contributed by atoms with Crippen molar-refractivity contribution in [2.75, 3.05) is 0 Å². The van der Waals surface area contributed by atoms with Crippen LogP contribution in [0.2, 0.25) is 0 Å². The number of rotatable bonds is 1. The molecule has 1 aromatic heterocycles. The van der Waals surface area contributed by atoms with E-state index in [1.807, 2.05) is 0 Å². The summed E-state index contributed by atoms with van der Waals surface area (Å²) in [6.45, 7) is 0. The van der Waals surface area contributed by atoms with E-state index in [2.05, 4.69) is 0 Å². The van der Waals surface area contributed by atoms with Crippen LogP contribution in [-0.2, 0) is 0 Å². The first-order valence-electron chi connectivity index (χ1n) is 2.87. The Morgan fingerprint density at radius 1 is 1.50 bits per heavy atom. The van der Waals surface area contributed by atoms with Gasteiger partial charge in [0.1, 0.15) is 6.42 Å². The summed E-state index contributed by atoms with van der Waals surface area (Å²) in [6.07, 6.45) is 3.19. The standard InChI is InChI=1S/C7H6N2O/c8-4-3-7(10)9-5-1-2-6-9/h1-2,5-6H,3H2. The van der Waals surface area contributed by atoms with Crippen LogP contribution in [0.25, 0.3) is 0 Å². The van der Waals surface area contributed by atoms with E-state index < -0.39 is 0 Å². The number of carbonyl (C=O) groups is 1. The van der Waals surface area contributed by atoms with E-state index in [4.69, 9.17) is 5.26 Å². The van der Waals surface area contributed by atoms with Gasteiger partial charge in [0, 0.05) is 12.4 Å². The highest BCUT2D eigenvalue weighted by Gasteiger charge is 1.99. The van der Waals surface area contributed by atoms with Gasteiger partial charge in [0.25, 0.3) is 0 Å². The Hall–Kier alpha value is -1.56. The highest BCUT2D eigenvalue weighted by Crippen LogP contribution is 1.91. The smallest absolute Gasteiger partial charge is 0.244 e. The molecule has 0 saturated carbocycles. The molecule has 1 rings (SSSR count). The molecule has 0 saturated heterocycles. The van der Waals surface area contributed by atoms with Crippen LogP contribution >= 0.6 is 0 Å². The molecule has 0 unspecified atom stereocenters. The second kappa shape index (κ2) is 2.83. The fourth-order valence-electron chi connectivity index (χ4n) is 0.660. The van der Waals surface area contributed by atoms with Crippen LogP contribution in [0.5, 0.6) is 0 Å². The molecule has 0 radical (unpaired) electrons. The molecule has 0 atom stereocenters. The van der Waals surface area contributed by atoms with Gasteiger partial charge in [-0.1, -0.05) is 0 Å². The predicted octanol–water partition coefficient (Wildman–Crippen LogP) is 1.04. The zero-order valence-corrected chi connectivity index (χ0v) is 5.32. The van der Waals surface area contributed by atoms with Crippen LogP contribution < -0.4 is 0 Å². The van der Waals surface area contributed by atoms with Gasteiger partial charge >= 0.3 is 0 Å². The predicted molar refractivity (Wildman–Crippen MR) is 35.3 cm³/mol. The van der Waals surface area contributed by atoms with Crippen molar-refractivity contribution in [3.8, 4) is 6.07 Å². The zero-order chi connectivity index (χ0) is 7.40. The molecule has 3 nitrogen and oxygen atoms in total. The van der Waals surface area contributed by atoms with Gasteiger partial charge in [0.15, 0.2) is 0 Å². The molecule has 1 aromatic rings. The molecule has 0 bridgehead atoms. The molecular weight excluding hydrogens is 128 g/mol. The number of aromatic nitrogens is 1. The Balaban J connectivity index is 2.71. The molecule has 1 heterocycles. The largest absolute Gasteiger partial charge is 0.294 e. The average Bonchev–Trinajstić information content (AvgIpc) is 2.38. The fraction of sp³-hybridized carbons (Fsp3) is 0.143. The highest BCUT2D eigenvalue weighted by atomic mass is 16.1. The van der Waals surface area contributed by atoms with E-state index in [9.17, 15) is 4.79 Å². The molecule has 0 aliphatic heterocycles. The van der Waals surface area contributed by atoms with Crippen molar-refractivity contribution in [3.05, 3.63) is 24.5 Å². The minimum Gasteiger partial charge on any atom is -0.294 e. The molecule has 50 valence electrons. The van der Waals surface area contributed by atoms with Crippen molar-refractivity contribution < 1.29 is 4.79 Å². The zero-order valence-electron chi connectivity index (χ0n) is 5.32. The summed E-state index contributed by atoms with van der Waals surface area (Å²) in [4.78, 5) is 10.8. The van der Waals surface area contributed by atoms with Crippen LogP contribution in [0, 0.1) is 11.3 Å². The average molecular weight is 134 g/mol. The van der Waals surface area contributed by atoms with Gasteiger partial charge in [-0.3, -0.25) is 9.36 Å². The molecule has 0 N–H and O–H groups in total. The summed E-state index contributed by atoms with van der Waals surface area (Å²) in [7, 11) is 0. The van der Waals surface area contributed by atoms with Gasteiger partial charge in [-0.25, -0.2) is 0 Å². The van der Waals surface area contributed by atoms with E-state index in [1.165, 1.54) is 4.57 Å². The lowest BCUT2D eigenvalue weighted by Gasteiger charge is -1.92. The topological polar surface area (TPSA) is 45.8 Å². The highest BCUT2D eigenvalue weighted by molar-refractivity contribution is 5.80. The number of nitriles is 1. The number of nitrogens with zero attached hydrogens (tertiary/aromatic N) is 2. The van der Waals surface area contributed by atoms with E-state index in [0.717, 1.165) is 0 Å². The van der Waals surface area contributed by atoms with Gasteiger partial charge in [0.2, 0.25) is 5.91 Å². The molecular formula is C7H6N2O. The molecule has 0 amide bonds. The summed E-state index contributed by atoms with van der Waals surface area (Å²) in [5.74, 6) is -0.187. The summed E-state index contributed by atoms with van der Waals surface area (Å²) in [6, 6.07) is 5.28. The lowest BCUT2D eigenvalue weighted by molar-refractivity contribution is 0.0920. The van der Waals surface area contributed by atoms with Gasteiger partial charge in [-0.05, 0) is 12.1 Å². The van der Waals surface area contributed by atoms with E-state index >= 15 is 0 Å². The molecule has 0 fully saturated rings. The Bertz CT molecular complexity index is 256. The summed E-state index contributed by atoms with van der Waals surface area (Å²) in [5.41, 5.74) is 0. The third-order valence-electron chi connectivity index (χ3n) is 1.12. The SMILES string of the molecule is N#CCC(=O)n1cccc1. The summed E-state index contributed by atoms with van der Waals surface area (Å²) < 4.78 is 1.39. The van der Waals surface area contributed by atoms with Crippen molar-refractivity contribution in [3.63, 3.8) is 0 Å². The lowest BCUT2D eigenvalue weighted by atomic mass is 10.4. The third-order valence-corrected chi connectivity index (χ3v) is 1.12. The van der Waals surface area contributed by atoms with Crippen molar-refractivity contribution in [2.45, 2.75) is 6.42 Å². The Morgan fingerprint density at radius 3 is 2.60 bits per heavy atom. The molecule has 0 aliphatic rings. The van der Waals surface area contributed by atoms with E-state index in [0.29, 0.717) is 0 Å². The summed E-state index contributed by atoms with van der Waals surface area (Å²) in [5, 5.41) is 8.15. The van der Waals surface area contributed by atoms with E-state index in [-0.39, 0.29) is 12.3 Å². The minimum absolute atomic E-state index is 0.0608.